The van der Waals surface area contributed by atoms with Crippen molar-refractivity contribution in [1.82, 2.24) is 9.97 Å². The molecule has 8 heteroatoms. The highest BCUT2D eigenvalue weighted by atomic mass is 16.6. The first-order valence-corrected chi connectivity index (χ1v) is 6.33. The van der Waals surface area contributed by atoms with Crippen molar-refractivity contribution in [3.05, 3.63) is 11.4 Å². The van der Waals surface area contributed by atoms with Crippen molar-refractivity contribution < 1.29 is 14.3 Å². The first-order chi connectivity index (χ1) is 9.43. The van der Waals surface area contributed by atoms with Crippen LogP contribution in [-0.4, -0.2) is 34.6 Å². The van der Waals surface area contributed by atoms with E-state index in [-0.39, 0.29) is 30.7 Å². The van der Waals surface area contributed by atoms with E-state index in [1.165, 1.54) is 4.90 Å². The Hall–Kier alpha value is -2.38. The van der Waals surface area contributed by atoms with E-state index >= 15 is 0 Å². The maximum absolute atomic E-state index is 12.0. The molecule has 0 saturated heterocycles. The molecule has 0 radical (unpaired) electrons. The number of carbonyl (C=O) groups is 2. The molecule has 8 nitrogen and oxygen atoms in total. The summed E-state index contributed by atoms with van der Waals surface area (Å²) in [6.45, 7) is 3.87. The van der Waals surface area contributed by atoms with Crippen molar-refractivity contribution in [2.75, 3.05) is 17.2 Å². The minimum atomic E-state index is -0.557. The topological polar surface area (TPSA) is 124 Å². The van der Waals surface area contributed by atoms with Crippen LogP contribution in [0.1, 0.15) is 25.2 Å². The number of aromatic nitrogens is 2. The molecule has 1 aliphatic rings. The molecule has 2 amide bonds. The summed E-state index contributed by atoms with van der Waals surface area (Å²) in [6.07, 6.45) is -0.0545. The second-order valence-corrected chi connectivity index (χ2v) is 4.59. The van der Waals surface area contributed by atoms with Gasteiger partial charge in [-0.1, -0.05) is 0 Å². The molecule has 1 aromatic heterocycles. The number of fused-ring (bicyclic) bond motifs is 1. The first kappa shape index (κ1) is 14.0. The van der Waals surface area contributed by atoms with Gasteiger partial charge in [0.2, 0.25) is 5.91 Å². The van der Waals surface area contributed by atoms with Gasteiger partial charge in [0.1, 0.15) is 17.5 Å². The SMILES string of the molecule is CCOC(=O)N1c2nc(CC(N)=O)nc(N)c2C[C@@H]1C. The van der Waals surface area contributed by atoms with Crippen LogP contribution in [0.5, 0.6) is 0 Å². The quantitative estimate of drug-likeness (QED) is 0.802. The fourth-order valence-electron chi connectivity index (χ4n) is 2.22. The van der Waals surface area contributed by atoms with E-state index < -0.39 is 12.0 Å². The van der Waals surface area contributed by atoms with Crippen molar-refractivity contribution in [2.45, 2.75) is 32.7 Å². The van der Waals surface area contributed by atoms with Gasteiger partial charge in [-0.05, 0) is 13.8 Å². The average molecular weight is 279 g/mol. The van der Waals surface area contributed by atoms with Crippen molar-refractivity contribution in [3.8, 4) is 0 Å². The lowest BCUT2D eigenvalue weighted by atomic mass is 10.2. The Kier molecular flexibility index (Phi) is 3.73. The number of ether oxygens (including phenoxy) is 1. The van der Waals surface area contributed by atoms with E-state index in [4.69, 9.17) is 16.2 Å². The van der Waals surface area contributed by atoms with Gasteiger partial charge >= 0.3 is 6.09 Å². The summed E-state index contributed by atoms with van der Waals surface area (Å²) < 4.78 is 5.01. The van der Waals surface area contributed by atoms with Crippen molar-refractivity contribution in [1.29, 1.82) is 0 Å². The van der Waals surface area contributed by atoms with Crippen LogP contribution in [0, 0.1) is 0 Å². The molecular weight excluding hydrogens is 262 g/mol. The monoisotopic (exact) mass is 279 g/mol. The minimum absolute atomic E-state index is 0.121. The van der Waals surface area contributed by atoms with Gasteiger partial charge in [0.05, 0.1) is 13.0 Å². The van der Waals surface area contributed by atoms with E-state index in [2.05, 4.69) is 9.97 Å². The highest BCUT2D eigenvalue weighted by Crippen LogP contribution is 2.33. The number of primary amides is 1. The largest absolute Gasteiger partial charge is 0.449 e. The van der Waals surface area contributed by atoms with Gasteiger partial charge in [-0.25, -0.2) is 14.8 Å². The van der Waals surface area contributed by atoms with Gasteiger partial charge in [-0.2, -0.15) is 0 Å². The molecule has 0 saturated carbocycles. The number of nitrogens with two attached hydrogens (primary N) is 2. The van der Waals surface area contributed by atoms with Crippen LogP contribution in [0.15, 0.2) is 0 Å². The molecule has 4 N–H and O–H groups in total. The van der Waals surface area contributed by atoms with Crippen LogP contribution in [0.25, 0.3) is 0 Å². The molecule has 2 heterocycles. The lowest BCUT2D eigenvalue weighted by Gasteiger charge is -2.20. The highest BCUT2D eigenvalue weighted by molar-refractivity contribution is 5.91. The van der Waals surface area contributed by atoms with Crippen molar-refractivity contribution >= 4 is 23.6 Å². The van der Waals surface area contributed by atoms with Gasteiger partial charge in [-0.15, -0.1) is 0 Å². The number of hydrogen-bond donors (Lipinski definition) is 2. The summed E-state index contributed by atoms with van der Waals surface area (Å²) in [6, 6.07) is -0.121. The second-order valence-electron chi connectivity index (χ2n) is 4.59. The molecule has 0 unspecified atom stereocenters. The van der Waals surface area contributed by atoms with Crippen molar-refractivity contribution in [3.63, 3.8) is 0 Å². The van der Waals surface area contributed by atoms with Gasteiger partial charge in [-0.3, -0.25) is 9.69 Å². The highest BCUT2D eigenvalue weighted by Gasteiger charge is 2.35. The summed E-state index contributed by atoms with van der Waals surface area (Å²) in [4.78, 5) is 32.6. The molecule has 20 heavy (non-hydrogen) atoms. The Morgan fingerprint density at radius 2 is 2.15 bits per heavy atom. The first-order valence-electron chi connectivity index (χ1n) is 6.33. The molecule has 108 valence electrons. The number of nitrogens with zero attached hydrogens (tertiary/aromatic N) is 3. The molecule has 1 aliphatic heterocycles. The van der Waals surface area contributed by atoms with Gasteiger partial charge in [0.25, 0.3) is 0 Å². The average Bonchev–Trinajstić information content (AvgIpc) is 2.65. The number of carbonyl (C=O) groups excluding carboxylic acids is 2. The number of amides is 2. The summed E-state index contributed by atoms with van der Waals surface area (Å²) in [5.74, 6) is 0.319. The number of rotatable bonds is 3. The lowest BCUT2D eigenvalue weighted by Crippen LogP contribution is -2.36. The third-order valence-corrected chi connectivity index (χ3v) is 3.03. The normalized spacial score (nSPS) is 16.9. The van der Waals surface area contributed by atoms with Gasteiger partial charge < -0.3 is 16.2 Å². The summed E-state index contributed by atoms with van der Waals surface area (Å²) in [5.41, 5.74) is 11.7. The second kappa shape index (κ2) is 5.32. The van der Waals surface area contributed by atoms with Gasteiger partial charge in [0.15, 0.2) is 0 Å². The summed E-state index contributed by atoms with van der Waals surface area (Å²) in [7, 11) is 0. The third kappa shape index (κ3) is 2.49. The third-order valence-electron chi connectivity index (χ3n) is 3.03. The van der Waals surface area contributed by atoms with Gasteiger partial charge in [0, 0.05) is 18.0 Å². The predicted octanol–water partition coefficient (Wildman–Crippen LogP) is -0.00590. The molecule has 1 atom stereocenters. The van der Waals surface area contributed by atoms with Crippen LogP contribution in [-0.2, 0) is 22.4 Å². The zero-order valence-electron chi connectivity index (χ0n) is 11.4. The summed E-state index contributed by atoms with van der Waals surface area (Å²) in [5, 5.41) is 0. The fraction of sp³-hybridized carbons (Fsp3) is 0.500. The maximum Gasteiger partial charge on any atom is 0.415 e. The number of anilines is 2. The maximum atomic E-state index is 12.0. The molecule has 0 bridgehead atoms. The van der Waals surface area contributed by atoms with Crippen LogP contribution in [0.3, 0.4) is 0 Å². The fourth-order valence-corrected chi connectivity index (χ4v) is 2.22. The molecule has 0 aromatic carbocycles. The van der Waals surface area contributed by atoms with E-state index in [1.54, 1.807) is 6.92 Å². The predicted molar refractivity (Wildman–Crippen MR) is 72.0 cm³/mol. The Bertz CT molecular complexity index is 560. The number of hydrogen-bond acceptors (Lipinski definition) is 6. The number of nitrogen functional groups attached to an aromatic ring is 1. The zero-order valence-corrected chi connectivity index (χ0v) is 11.4. The molecule has 0 aliphatic carbocycles. The van der Waals surface area contributed by atoms with Crippen LogP contribution in [0.4, 0.5) is 16.4 Å². The van der Waals surface area contributed by atoms with Crippen molar-refractivity contribution in [2.24, 2.45) is 5.73 Å². The molecular formula is C12H17N5O3. The Morgan fingerprint density at radius 3 is 2.75 bits per heavy atom. The Balaban J connectivity index is 2.41. The Morgan fingerprint density at radius 1 is 1.45 bits per heavy atom. The van der Waals surface area contributed by atoms with E-state index in [0.717, 1.165) is 0 Å². The van der Waals surface area contributed by atoms with Crippen LogP contribution in [0.2, 0.25) is 0 Å². The van der Waals surface area contributed by atoms with Crippen LogP contribution < -0.4 is 16.4 Å². The minimum Gasteiger partial charge on any atom is -0.449 e. The summed E-state index contributed by atoms with van der Waals surface area (Å²) >= 11 is 0. The molecule has 2 rings (SSSR count). The molecule has 1 aromatic rings. The molecule has 0 spiro atoms. The molecule has 0 fully saturated rings. The van der Waals surface area contributed by atoms with Crippen LogP contribution >= 0.6 is 0 Å². The Labute approximate surface area is 116 Å². The lowest BCUT2D eigenvalue weighted by molar-refractivity contribution is -0.117. The smallest absolute Gasteiger partial charge is 0.415 e. The van der Waals surface area contributed by atoms with E-state index in [1.807, 2.05) is 6.92 Å². The zero-order chi connectivity index (χ0) is 14.9. The standard InChI is InChI=1S/C12H17N5O3/c1-3-20-12(19)17-6(2)4-7-10(14)15-9(5-8(13)18)16-11(7)17/h6H,3-5H2,1-2H3,(H2,13,18)(H2,14,15,16)/t6-/m0/s1. The van der Waals surface area contributed by atoms with E-state index in [9.17, 15) is 9.59 Å². The van der Waals surface area contributed by atoms with E-state index in [0.29, 0.717) is 17.8 Å².